The second-order valence-corrected chi connectivity index (χ2v) is 11.3. The summed E-state index contributed by atoms with van der Waals surface area (Å²) in [6, 6.07) is 11.3. The van der Waals surface area contributed by atoms with Gasteiger partial charge in [-0.3, -0.25) is 4.79 Å². The largest absolute Gasteiger partial charge is 0.484 e. The second-order valence-electron chi connectivity index (χ2n) is 11.3. The molecule has 0 saturated carbocycles. The number of ether oxygens (including phenoxy) is 1. The molecule has 7 heteroatoms. The molecule has 2 rings (SSSR count). The lowest BCUT2D eigenvalue weighted by molar-refractivity contribution is -0.143. The van der Waals surface area contributed by atoms with Crippen LogP contribution < -0.4 is 10.1 Å². The molecule has 2 aromatic carbocycles. The number of rotatable bonds is 13. The minimum absolute atomic E-state index is 0.134. The Hall–Kier alpha value is -2.90. The summed E-state index contributed by atoms with van der Waals surface area (Å²) in [5.74, 6) is -1.37. The van der Waals surface area contributed by atoms with E-state index in [2.05, 4.69) is 71.1 Å². The number of aliphatic hydroxyl groups is 2. The van der Waals surface area contributed by atoms with E-state index in [1.54, 1.807) is 0 Å². The van der Waals surface area contributed by atoms with Crippen molar-refractivity contribution in [2.75, 3.05) is 13.2 Å². The van der Waals surface area contributed by atoms with E-state index in [-0.39, 0.29) is 23.5 Å². The van der Waals surface area contributed by atoms with Crippen LogP contribution >= 0.6 is 0 Å². The predicted octanol–water partition coefficient (Wildman–Crippen LogP) is 4.69. The van der Waals surface area contributed by atoms with Gasteiger partial charge in [-0.2, -0.15) is 0 Å². The van der Waals surface area contributed by atoms with Crippen LogP contribution in [0.15, 0.2) is 36.4 Å². The highest BCUT2D eigenvalue weighted by atomic mass is 16.5. The smallest absolute Gasteiger partial charge is 0.328 e. The van der Waals surface area contributed by atoms with Gasteiger partial charge in [0.05, 0.1) is 12.7 Å². The molecule has 0 bridgehead atoms. The highest BCUT2D eigenvalue weighted by Gasteiger charge is 2.32. The van der Waals surface area contributed by atoms with Gasteiger partial charge in [0, 0.05) is 5.41 Å². The van der Waals surface area contributed by atoms with E-state index in [4.69, 9.17) is 14.9 Å². The molecule has 210 valence electrons. The molecule has 2 aromatic rings. The minimum Gasteiger partial charge on any atom is -0.484 e. The molecule has 4 N–H and O–H groups in total. The first-order valence-electron chi connectivity index (χ1n) is 13.4. The third-order valence-electron chi connectivity index (χ3n) is 7.69. The van der Waals surface area contributed by atoms with E-state index in [0.29, 0.717) is 5.75 Å². The lowest BCUT2D eigenvalue weighted by Crippen LogP contribution is -2.45. The van der Waals surface area contributed by atoms with Crippen LogP contribution in [-0.2, 0) is 21.4 Å². The van der Waals surface area contributed by atoms with Gasteiger partial charge in [-0.25, -0.2) is 4.79 Å². The second kappa shape index (κ2) is 13.3. The maximum atomic E-state index is 12.1. The Bertz CT molecular complexity index is 1100. The monoisotopic (exact) mass is 527 g/mol. The van der Waals surface area contributed by atoms with Gasteiger partial charge in [-0.1, -0.05) is 65.0 Å². The summed E-state index contributed by atoms with van der Waals surface area (Å²) in [4.78, 5) is 23.1. The van der Waals surface area contributed by atoms with Crippen LogP contribution in [0.5, 0.6) is 5.75 Å². The number of hydrogen-bond acceptors (Lipinski definition) is 5. The fraction of sp³-hybridized carbons (Fsp3) is 0.548. The first-order valence-corrected chi connectivity index (χ1v) is 13.4. The highest BCUT2D eigenvalue weighted by molar-refractivity contribution is 5.84. The van der Waals surface area contributed by atoms with Gasteiger partial charge in [0.25, 0.3) is 5.91 Å². The number of amides is 1. The number of benzene rings is 2. The van der Waals surface area contributed by atoms with Crippen molar-refractivity contribution in [1.29, 1.82) is 0 Å². The third-order valence-corrected chi connectivity index (χ3v) is 7.69. The standard InChI is InChI=1S/C31H45NO6/c1-8-31(9-2,23-12-10-22(20(3)16-23)11-15-27(34)30(5,6)7)24-13-14-26(21(4)17-24)38-19-28(35)32-25(18-33)29(36)37/h10,12-14,16-17,25,27,33-34H,8-9,11,15,18-19H2,1-7H3,(H,32,35)(H,36,37)/t25?,27-/m1/s1. The van der Waals surface area contributed by atoms with Crippen molar-refractivity contribution in [2.24, 2.45) is 5.41 Å². The van der Waals surface area contributed by atoms with Crippen LogP contribution in [-0.4, -0.2) is 52.6 Å². The van der Waals surface area contributed by atoms with Crippen molar-refractivity contribution in [3.05, 3.63) is 64.2 Å². The van der Waals surface area contributed by atoms with Gasteiger partial charge in [0.15, 0.2) is 6.61 Å². The molecule has 0 aliphatic heterocycles. The molecule has 1 unspecified atom stereocenters. The number of aryl methyl sites for hydroxylation is 3. The normalized spacial score (nSPS) is 13.6. The zero-order valence-electron chi connectivity index (χ0n) is 23.9. The third kappa shape index (κ3) is 7.58. The number of carboxylic acid groups (broad SMARTS) is 1. The molecular formula is C31H45NO6. The number of nitrogens with one attached hydrogen (secondary N) is 1. The van der Waals surface area contributed by atoms with Crippen LogP contribution in [0.2, 0.25) is 0 Å². The summed E-state index contributed by atoms with van der Waals surface area (Å²) in [6.45, 7) is 13.6. The summed E-state index contributed by atoms with van der Waals surface area (Å²) in [6.07, 6.45) is 3.02. The van der Waals surface area contributed by atoms with Gasteiger partial charge in [0.2, 0.25) is 0 Å². The number of carboxylic acids is 1. The average Bonchev–Trinajstić information content (AvgIpc) is 2.86. The Morgan fingerprint density at radius 1 is 0.974 bits per heavy atom. The van der Waals surface area contributed by atoms with E-state index in [9.17, 15) is 14.7 Å². The van der Waals surface area contributed by atoms with Gasteiger partial charge in [0.1, 0.15) is 11.8 Å². The van der Waals surface area contributed by atoms with Crippen molar-refractivity contribution >= 4 is 11.9 Å². The zero-order chi connectivity index (χ0) is 28.7. The molecule has 0 heterocycles. The summed E-state index contributed by atoms with van der Waals surface area (Å²) in [7, 11) is 0. The Labute approximate surface area is 227 Å². The maximum Gasteiger partial charge on any atom is 0.328 e. The Morgan fingerprint density at radius 3 is 2.03 bits per heavy atom. The van der Waals surface area contributed by atoms with Gasteiger partial charge in [-0.15, -0.1) is 0 Å². The molecule has 0 aliphatic carbocycles. The molecule has 7 nitrogen and oxygen atoms in total. The lowest BCUT2D eigenvalue weighted by Gasteiger charge is -2.34. The number of carbonyl (C=O) groups excluding carboxylic acids is 1. The van der Waals surface area contributed by atoms with Crippen molar-refractivity contribution < 1.29 is 29.6 Å². The number of aliphatic carboxylic acids is 1. The molecule has 0 aliphatic rings. The first kappa shape index (κ1) is 31.3. The molecule has 0 aromatic heterocycles. The Kier molecular flexibility index (Phi) is 10.9. The van der Waals surface area contributed by atoms with Crippen LogP contribution in [0.3, 0.4) is 0 Å². The van der Waals surface area contributed by atoms with Crippen molar-refractivity contribution in [1.82, 2.24) is 5.32 Å². The molecule has 1 amide bonds. The molecule has 0 fully saturated rings. The fourth-order valence-electron chi connectivity index (χ4n) is 4.91. The van der Waals surface area contributed by atoms with Crippen LogP contribution in [0, 0.1) is 19.3 Å². The van der Waals surface area contributed by atoms with Crippen LogP contribution in [0.4, 0.5) is 0 Å². The predicted molar refractivity (Wildman–Crippen MR) is 150 cm³/mol. The number of aliphatic hydroxyl groups excluding tert-OH is 2. The topological polar surface area (TPSA) is 116 Å². The van der Waals surface area contributed by atoms with Crippen molar-refractivity contribution in [3.63, 3.8) is 0 Å². The Balaban J connectivity index is 2.23. The minimum atomic E-state index is -1.36. The first-order chi connectivity index (χ1) is 17.8. The van der Waals surface area contributed by atoms with E-state index < -0.39 is 24.5 Å². The van der Waals surface area contributed by atoms with Gasteiger partial charge < -0.3 is 25.4 Å². The lowest BCUT2D eigenvalue weighted by atomic mass is 9.69. The number of carbonyl (C=O) groups is 2. The van der Waals surface area contributed by atoms with Gasteiger partial charge in [-0.05, 0) is 78.8 Å². The zero-order valence-corrected chi connectivity index (χ0v) is 23.9. The fourth-order valence-corrected chi connectivity index (χ4v) is 4.91. The molecule has 2 atom stereocenters. The van der Waals surface area contributed by atoms with Crippen LogP contribution in [0.1, 0.15) is 81.7 Å². The summed E-state index contributed by atoms with van der Waals surface area (Å²) >= 11 is 0. The average molecular weight is 528 g/mol. The van der Waals surface area contributed by atoms with E-state index in [1.165, 1.54) is 22.3 Å². The highest BCUT2D eigenvalue weighted by Crippen LogP contribution is 2.41. The van der Waals surface area contributed by atoms with Crippen molar-refractivity contribution in [2.45, 2.75) is 91.7 Å². The molecule has 0 spiro atoms. The number of hydrogen-bond donors (Lipinski definition) is 4. The van der Waals surface area contributed by atoms with E-state index >= 15 is 0 Å². The van der Waals surface area contributed by atoms with E-state index in [0.717, 1.165) is 31.2 Å². The van der Waals surface area contributed by atoms with Crippen molar-refractivity contribution in [3.8, 4) is 5.75 Å². The summed E-state index contributed by atoms with van der Waals surface area (Å²) in [5.41, 5.74) is 5.44. The summed E-state index contributed by atoms with van der Waals surface area (Å²) < 4.78 is 5.66. The molecule has 0 radical (unpaired) electrons. The summed E-state index contributed by atoms with van der Waals surface area (Å²) in [5, 5.41) is 30.8. The van der Waals surface area contributed by atoms with Crippen LogP contribution in [0.25, 0.3) is 0 Å². The van der Waals surface area contributed by atoms with E-state index in [1.807, 2.05) is 19.1 Å². The van der Waals surface area contributed by atoms with Gasteiger partial charge >= 0.3 is 5.97 Å². The SMILES string of the molecule is CCC(CC)(c1ccc(CC[C@@H](O)C(C)(C)C)c(C)c1)c1ccc(OCC(=O)NC(CO)C(=O)O)c(C)c1. The maximum absolute atomic E-state index is 12.1. The quantitative estimate of drug-likeness (QED) is 0.300. The molecular weight excluding hydrogens is 482 g/mol. The molecule has 0 saturated heterocycles. The molecule has 38 heavy (non-hydrogen) atoms. The Morgan fingerprint density at radius 2 is 1.55 bits per heavy atom.